The van der Waals surface area contributed by atoms with Gasteiger partial charge in [-0.1, -0.05) is 72.3 Å². The van der Waals surface area contributed by atoms with Crippen LogP contribution in [-0.2, 0) is 32.6 Å². The molecule has 0 fully saturated rings. The van der Waals surface area contributed by atoms with Crippen molar-refractivity contribution in [2.24, 2.45) is 0 Å². The molecule has 2 amide bonds. The van der Waals surface area contributed by atoms with Crippen LogP contribution in [0.4, 0.5) is 5.69 Å². The summed E-state index contributed by atoms with van der Waals surface area (Å²) in [4.78, 5) is 29.1. The van der Waals surface area contributed by atoms with E-state index in [9.17, 15) is 18.0 Å². The van der Waals surface area contributed by atoms with Gasteiger partial charge in [0.2, 0.25) is 21.8 Å². The van der Waals surface area contributed by atoms with Gasteiger partial charge in [0.25, 0.3) is 0 Å². The van der Waals surface area contributed by atoms with Gasteiger partial charge in [-0.2, -0.15) is 0 Å². The molecule has 1 N–H and O–H groups in total. The molecule has 0 aromatic heterocycles. The number of benzene rings is 3. The normalized spacial score (nSPS) is 12.4. The molecule has 0 bridgehead atoms. The van der Waals surface area contributed by atoms with Crippen LogP contribution >= 0.6 is 11.6 Å². The molecule has 202 valence electrons. The summed E-state index contributed by atoms with van der Waals surface area (Å²) in [6.45, 7) is 5.29. The van der Waals surface area contributed by atoms with Crippen molar-refractivity contribution in [2.45, 2.75) is 45.3 Å². The third-order valence-corrected chi connectivity index (χ3v) is 7.15. The molecule has 1 unspecified atom stereocenters. The molecule has 0 saturated carbocycles. The lowest BCUT2D eigenvalue weighted by Gasteiger charge is -2.35. The molecule has 0 radical (unpaired) electrons. The number of carbonyl (C=O) groups excluding carboxylic acids is 2. The minimum Gasteiger partial charge on any atom is -0.350 e. The molecule has 38 heavy (non-hydrogen) atoms. The van der Waals surface area contributed by atoms with E-state index < -0.39 is 34.1 Å². The number of hydrogen-bond acceptors (Lipinski definition) is 4. The Labute approximate surface area is 230 Å². The Bertz CT molecular complexity index is 1330. The fraction of sp³-hybridized carbons (Fsp3) is 0.310. The Morgan fingerprint density at radius 1 is 0.868 bits per heavy atom. The highest BCUT2D eigenvalue weighted by molar-refractivity contribution is 7.92. The summed E-state index contributed by atoms with van der Waals surface area (Å²) in [6.07, 6.45) is 1.31. The molecule has 3 rings (SSSR count). The average Bonchev–Trinajstić information content (AvgIpc) is 2.84. The summed E-state index contributed by atoms with van der Waals surface area (Å²) in [5, 5.41) is 3.45. The maximum absolute atomic E-state index is 14.0. The molecule has 0 spiro atoms. The molecule has 0 aliphatic heterocycles. The van der Waals surface area contributed by atoms with Crippen molar-refractivity contribution in [3.63, 3.8) is 0 Å². The van der Waals surface area contributed by atoms with Gasteiger partial charge in [0, 0.05) is 23.5 Å². The van der Waals surface area contributed by atoms with Crippen LogP contribution < -0.4 is 9.62 Å². The second-order valence-electron chi connectivity index (χ2n) is 10.2. The lowest BCUT2D eigenvalue weighted by atomic mass is 10.0. The first kappa shape index (κ1) is 29.2. The van der Waals surface area contributed by atoms with Crippen molar-refractivity contribution in [2.75, 3.05) is 17.1 Å². The van der Waals surface area contributed by atoms with Crippen LogP contribution in [0.15, 0.2) is 84.9 Å². The van der Waals surface area contributed by atoms with E-state index in [0.717, 1.165) is 21.7 Å². The number of sulfonamides is 1. The van der Waals surface area contributed by atoms with E-state index in [-0.39, 0.29) is 18.9 Å². The number of nitrogens with one attached hydrogen (secondary N) is 1. The van der Waals surface area contributed by atoms with Crippen LogP contribution in [-0.4, -0.2) is 49.5 Å². The smallest absolute Gasteiger partial charge is 0.244 e. The summed E-state index contributed by atoms with van der Waals surface area (Å²) >= 11 is 6.00. The maximum atomic E-state index is 14.0. The Morgan fingerprint density at radius 3 is 1.89 bits per heavy atom. The number of rotatable bonds is 10. The molecule has 1 atom stereocenters. The van der Waals surface area contributed by atoms with Gasteiger partial charge < -0.3 is 10.2 Å². The maximum Gasteiger partial charge on any atom is 0.244 e. The Hall–Kier alpha value is -3.36. The third-order valence-electron chi connectivity index (χ3n) is 5.76. The predicted molar refractivity (Wildman–Crippen MR) is 152 cm³/mol. The summed E-state index contributed by atoms with van der Waals surface area (Å²) in [5.41, 5.74) is 1.48. The summed E-state index contributed by atoms with van der Waals surface area (Å²) in [6, 6.07) is 24.1. The topological polar surface area (TPSA) is 86.8 Å². The lowest BCUT2D eigenvalue weighted by molar-refractivity contribution is -0.140. The second kappa shape index (κ2) is 12.5. The largest absolute Gasteiger partial charge is 0.350 e. The van der Waals surface area contributed by atoms with E-state index in [4.69, 9.17) is 11.6 Å². The molecule has 0 heterocycles. The number of nitrogens with zero attached hydrogens (tertiary/aromatic N) is 2. The van der Waals surface area contributed by atoms with Gasteiger partial charge in [-0.25, -0.2) is 8.42 Å². The third kappa shape index (κ3) is 8.60. The molecule has 9 heteroatoms. The van der Waals surface area contributed by atoms with Gasteiger partial charge in [0.15, 0.2) is 0 Å². The number of hydrogen-bond donors (Lipinski definition) is 1. The Kier molecular flexibility index (Phi) is 9.57. The highest BCUT2D eigenvalue weighted by Gasteiger charge is 2.34. The van der Waals surface area contributed by atoms with Crippen LogP contribution in [0, 0.1) is 0 Å². The molecule has 7 nitrogen and oxygen atoms in total. The van der Waals surface area contributed by atoms with E-state index in [1.165, 1.54) is 4.90 Å². The van der Waals surface area contributed by atoms with Crippen molar-refractivity contribution in [3.8, 4) is 0 Å². The molecule has 3 aromatic rings. The number of amides is 2. The van der Waals surface area contributed by atoms with Crippen LogP contribution in [0.2, 0.25) is 5.02 Å². The van der Waals surface area contributed by atoms with Crippen LogP contribution in [0.5, 0.6) is 0 Å². The lowest BCUT2D eigenvalue weighted by Crippen LogP contribution is -2.56. The first-order valence-electron chi connectivity index (χ1n) is 12.3. The van der Waals surface area contributed by atoms with Gasteiger partial charge in [-0.05, 0) is 56.2 Å². The Balaban J connectivity index is 2.04. The van der Waals surface area contributed by atoms with Gasteiger partial charge >= 0.3 is 0 Å². The highest BCUT2D eigenvalue weighted by Crippen LogP contribution is 2.22. The minimum atomic E-state index is -3.82. The van der Waals surface area contributed by atoms with Crippen LogP contribution in [0.25, 0.3) is 0 Å². The standard InChI is InChI=1S/C29H34ClN3O4S/c1-29(2,3)31-28(35)26(19-22-11-7-5-8-12-22)32(20-23-13-9-6-10-14-23)27(34)21-33(38(4,36)37)25-17-15-24(30)16-18-25/h5-18,26H,19-21H2,1-4H3,(H,31,35). The zero-order chi connectivity index (χ0) is 27.9. The number of anilines is 1. The van der Waals surface area contributed by atoms with E-state index in [1.54, 1.807) is 24.3 Å². The SMILES string of the molecule is CC(C)(C)NC(=O)C(Cc1ccccc1)N(Cc1ccccc1)C(=O)CN(c1ccc(Cl)cc1)S(C)(=O)=O. The Morgan fingerprint density at radius 2 is 1.39 bits per heavy atom. The van der Waals surface area contributed by atoms with E-state index >= 15 is 0 Å². The van der Waals surface area contributed by atoms with Crippen molar-refractivity contribution < 1.29 is 18.0 Å². The quantitative estimate of drug-likeness (QED) is 0.394. The molecular formula is C29H34ClN3O4S. The van der Waals surface area contributed by atoms with Gasteiger partial charge in [-0.3, -0.25) is 13.9 Å². The van der Waals surface area contributed by atoms with E-state index in [2.05, 4.69) is 5.32 Å². The van der Waals surface area contributed by atoms with Crippen molar-refractivity contribution >= 4 is 39.1 Å². The monoisotopic (exact) mass is 555 g/mol. The number of carbonyl (C=O) groups is 2. The van der Waals surface area contributed by atoms with Gasteiger partial charge in [0.1, 0.15) is 12.6 Å². The molecular weight excluding hydrogens is 522 g/mol. The summed E-state index contributed by atoms with van der Waals surface area (Å²) < 4.78 is 26.5. The average molecular weight is 556 g/mol. The second-order valence-corrected chi connectivity index (χ2v) is 12.5. The number of halogens is 1. The zero-order valence-corrected chi connectivity index (χ0v) is 23.7. The highest BCUT2D eigenvalue weighted by atomic mass is 35.5. The first-order chi connectivity index (χ1) is 17.8. The van der Waals surface area contributed by atoms with Crippen LogP contribution in [0.1, 0.15) is 31.9 Å². The fourth-order valence-electron chi connectivity index (χ4n) is 4.01. The summed E-state index contributed by atoms with van der Waals surface area (Å²) in [7, 11) is -3.82. The minimum absolute atomic E-state index is 0.132. The van der Waals surface area contributed by atoms with Crippen molar-refractivity contribution in [3.05, 3.63) is 101 Å². The van der Waals surface area contributed by atoms with Gasteiger partial charge in [-0.15, -0.1) is 0 Å². The first-order valence-corrected chi connectivity index (χ1v) is 14.5. The van der Waals surface area contributed by atoms with Crippen molar-refractivity contribution in [1.29, 1.82) is 0 Å². The molecule has 3 aromatic carbocycles. The molecule has 0 aliphatic carbocycles. The zero-order valence-electron chi connectivity index (χ0n) is 22.1. The van der Waals surface area contributed by atoms with Gasteiger partial charge in [0.05, 0.1) is 11.9 Å². The predicted octanol–water partition coefficient (Wildman–Crippen LogP) is 4.66. The molecule has 0 aliphatic rings. The fourth-order valence-corrected chi connectivity index (χ4v) is 4.98. The molecule has 0 saturated heterocycles. The van der Waals surface area contributed by atoms with Crippen molar-refractivity contribution in [1.82, 2.24) is 10.2 Å². The van der Waals surface area contributed by atoms with Crippen LogP contribution in [0.3, 0.4) is 0 Å². The summed E-state index contributed by atoms with van der Waals surface area (Å²) in [5.74, 6) is -0.817. The van der Waals surface area contributed by atoms with E-state index in [1.807, 2.05) is 81.4 Å². The van der Waals surface area contributed by atoms with E-state index in [0.29, 0.717) is 10.7 Å².